The molecule has 0 aliphatic carbocycles. The van der Waals surface area contributed by atoms with Crippen molar-refractivity contribution in [3.63, 3.8) is 0 Å². The number of nitrogens with one attached hydrogen (secondary N) is 2. The molecule has 4 heterocycles. The molecule has 69 heavy (non-hydrogen) atoms. The van der Waals surface area contributed by atoms with Gasteiger partial charge >= 0.3 is 0 Å². The van der Waals surface area contributed by atoms with Crippen LogP contribution in [-0.4, -0.2) is 72.8 Å². The maximum atomic E-state index is 13.2. The highest BCUT2D eigenvalue weighted by Gasteiger charge is 2.39. The number of halogens is 4. The summed E-state index contributed by atoms with van der Waals surface area (Å²) in [6, 6.07) is 25.2. The monoisotopic (exact) mass is 982 g/mol. The van der Waals surface area contributed by atoms with E-state index in [0.717, 1.165) is 191 Å². The van der Waals surface area contributed by atoms with Crippen LogP contribution < -0.4 is 20.1 Å². The third-order valence-electron chi connectivity index (χ3n) is 15.0. The van der Waals surface area contributed by atoms with Crippen molar-refractivity contribution in [1.82, 2.24) is 20.6 Å². The van der Waals surface area contributed by atoms with Gasteiger partial charge in [0.2, 0.25) is 0 Å². The van der Waals surface area contributed by atoms with Gasteiger partial charge in [0, 0.05) is 23.2 Å². The molecule has 0 saturated carbocycles. The SMILES string of the molecule is COc1ccc2ncc(Cl)c(CCCC3(C(O)CCCCc4ccc(F)cc4)CCNCC3)c2c1.COc1ccc2ncc(Cl)c(CCCC3(C(O)CCCc4ccc(F)cc4)CCNCC3)c2c1. The van der Waals surface area contributed by atoms with Crippen LogP contribution >= 0.6 is 23.2 Å². The molecular formula is C57H70Cl2F2N4O4. The first-order valence-corrected chi connectivity index (χ1v) is 25.8. The lowest BCUT2D eigenvalue weighted by molar-refractivity contribution is -0.0134. The first-order chi connectivity index (χ1) is 33.5. The number of aromatic nitrogens is 2. The van der Waals surface area contributed by atoms with Crippen LogP contribution in [0.3, 0.4) is 0 Å². The van der Waals surface area contributed by atoms with E-state index in [-0.39, 0.29) is 34.7 Å². The summed E-state index contributed by atoms with van der Waals surface area (Å²) in [5.74, 6) is 1.19. The summed E-state index contributed by atoms with van der Waals surface area (Å²) < 4.78 is 37.1. The number of ether oxygens (including phenoxy) is 2. The van der Waals surface area contributed by atoms with Crippen LogP contribution in [0, 0.1) is 22.5 Å². The maximum absolute atomic E-state index is 13.2. The summed E-state index contributed by atoms with van der Waals surface area (Å²) in [6.45, 7) is 3.77. The molecule has 12 heteroatoms. The van der Waals surface area contributed by atoms with Gasteiger partial charge in [-0.1, -0.05) is 53.9 Å². The standard InChI is InChI=1S/C29H36ClFN2O2.C28H34ClFN2O2/c1-35-23-12-13-27-25(19-23)24(26(30)20-33-27)6-4-14-29(15-17-32-18-16-29)28(34)7-3-2-5-21-8-10-22(31)11-9-21;1-34-22-11-12-26-24(18-22)23(25(29)19-32-26)5-3-13-28(14-16-31-17-15-28)27(33)6-2-4-20-7-9-21(30)10-8-20/h8-13,19-20,28,32,34H,2-7,14-18H2,1H3;7-12,18-19,27,31,33H,2-6,13-17H2,1H3. The second-order valence-corrected chi connectivity index (χ2v) is 20.1. The Balaban J connectivity index is 0.000000204. The Bertz CT molecular complexity index is 2530. The first kappa shape index (κ1) is 52.4. The number of aliphatic hydroxyl groups is 2. The molecule has 6 aromatic rings. The summed E-state index contributed by atoms with van der Waals surface area (Å²) in [7, 11) is 3.33. The number of unbranched alkanes of at least 4 members (excludes halogenated alkanes) is 1. The van der Waals surface area contributed by atoms with Gasteiger partial charge in [-0.15, -0.1) is 0 Å². The molecular weight excluding hydrogens is 914 g/mol. The van der Waals surface area contributed by atoms with Gasteiger partial charge in [0.25, 0.3) is 0 Å². The average Bonchev–Trinajstić information content (AvgIpc) is 3.38. The lowest BCUT2D eigenvalue weighted by Gasteiger charge is -2.42. The molecule has 2 aromatic heterocycles. The van der Waals surface area contributed by atoms with Crippen molar-refractivity contribution in [1.29, 1.82) is 0 Å². The second kappa shape index (κ2) is 25.6. The zero-order chi connectivity index (χ0) is 48.6. The van der Waals surface area contributed by atoms with E-state index in [1.165, 1.54) is 24.3 Å². The molecule has 2 fully saturated rings. The summed E-state index contributed by atoms with van der Waals surface area (Å²) >= 11 is 13.1. The van der Waals surface area contributed by atoms with Crippen LogP contribution in [-0.2, 0) is 25.7 Å². The molecule has 2 unspecified atom stereocenters. The van der Waals surface area contributed by atoms with Crippen LogP contribution in [0.15, 0.2) is 97.3 Å². The predicted octanol–water partition coefficient (Wildman–Crippen LogP) is 12.6. The van der Waals surface area contributed by atoms with Crippen molar-refractivity contribution in [2.24, 2.45) is 10.8 Å². The lowest BCUT2D eigenvalue weighted by Crippen LogP contribution is -2.44. The maximum Gasteiger partial charge on any atom is 0.123 e. The van der Waals surface area contributed by atoms with Crippen LogP contribution in [0.4, 0.5) is 8.78 Å². The molecule has 0 amide bonds. The van der Waals surface area contributed by atoms with E-state index in [2.05, 4.69) is 20.6 Å². The van der Waals surface area contributed by atoms with E-state index in [4.69, 9.17) is 32.7 Å². The highest BCUT2D eigenvalue weighted by Crippen LogP contribution is 2.42. The minimum Gasteiger partial charge on any atom is -0.497 e. The largest absolute Gasteiger partial charge is 0.497 e. The Labute approximate surface area is 417 Å². The van der Waals surface area contributed by atoms with Crippen molar-refractivity contribution in [3.05, 3.63) is 141 Å². The molecule has 0 bridgehead atoms. The van der Waals surface area contributed by atoms with E-state index in [1.54, 1.807) is 26.6 Å². The number of hydrogen-bond acceptors (Lipinski definition) is 8. The van der Waals surface area contributed by atoms with Crippen LogP contribution in [0.25, 0.3) is 21.8 Å². The molecule has 0 radical (unpaired) electrons. The van der Waals surface area contributed by atoms with Gasteiger partial charge < -0.3 is 30.3 Å². The number of nitrogens with zero attached hydrogens (tertiary/aromatic N) is 2. The fraction of sp³-hybridized carbons (Fsp3) is 0.474. The van der Waals surface area contributed by atoms with E-state index < -0.39 is 0 Å². The minimum absolute atomic E-state index is 0.0614. The minimum atomic E-state index is -0.347. The third kappa shape index (κ3) is 14.1. The van der Waals surface area contributed by atoms with Crippen LogP contribution in [0.1, 0.15) is 106 Å². The Hall–Kier alpha value is -4.42. The molecule has 2 aliphatic heterocycles. The molecule has 2 aliphatic rings. The van der Waals surface area contributed by atoms with Crippen molar-refractivity contribution in [2.75, 3.05) is 40.4 Å². The third-order valence-corrected chi connectivity index (χ3v) is 15.7. The molecule has 4 N–H and O–H groups in total. The van der Waals surface area contributed by atoms with Gasteiger partial charge in [0.05, 0.1) is 47.5 Å². The summed E-state index contributed by atoms with van der Waals surface area (Å²) in [6.07, 6.45) is 18.4. The summed E-state index contributed by atoms with van der Waals surface area (Å²) in [4.78, 5) is 8.93. The first-order valence-electron chi connectivity index (χ1n) is 25.0. The highest BCUT2D eigenvalue weighted by atomic mass is 35.5. The van der Waals surface area contributed by atoms with Crippen LogP contribution in [0.2, 0.25) is 10.0 Å². The number of aryl methyl sites for hydroxylation is 4. The number of pyridine rings is 2. The highest BCUT2D eigenvalue weighted by molar-refractivity contribution is 6.32. The predicted molar refractivity (Wildman–Crippen MR) is 277 cm³/mol. The van der Waals surface area contributed by atoms with Gasteiger partial charge in [-0.2, -0.15) is 0 Å². The van der Waals surface area contributed by atoms with Crippen molar-refractivity contribution in [2.45, 2.75) is 121 Å². The van der Waals surface area contributed by atoms with Gasteiger partial charge in [0.15, 0.2) is 0 Å². The summed E-state index contributed by atoms with van der Waals surface area (Å²) in [5, 5.41) is 33.0. The number of aliphatic hydroxyl groups excluding tert-OH is 2. The molecule has 4 aromatic carbocycles. The summed E-state index contributed by atoms with van der Waals surface area (Å²) in [5.41, 5.74) is 6.16. The van der Waals surface area contributed by atoms with Crippen molar-refractivity contribution < 1.29 is 28.5 Å². The molecule has 8 rings (SSSR count). The number of piperidine rings is 2. The van der Waals surface area contributed by atoms with Gasteiger partial charge in [0.1, 0.15) is 23.1 Å². The zero-order valence-electron chi connectivity index (χ0n) is 40.4. The number of benzene rings is 4. The molecule has 8 nitrogen and oxygen atoms in total. The topological polar surface area (TPSA) is 109 Å². The normalized spacial score (nSPS) is 16.4. The number of rotatable bonds is 21. The quantitative estimate of drug-likeness (QED) is 0.0528. The Morgan fingerprint density at radius 1 is 0.551 bits per heavy atom. The zero-order valence-corrected chi connectivity index (χ0v) is 41.9. The van der Waals surface area contributed by atoms with E-state index in [0.29, 0.717) is 10.0 Å². The number of fused-ring (bicyclic) bond motifs is 2. The fourth-order valence-corrected chi connectivity index (χ4v) is 11.3. The average molecular weight is 984 g/mol. The molecule has 2 saturated heterocycles. The second-order valence-electron chi connectivity index (χ2n) is 19.3. The fourth-order valence-electron chi connectivity index (χ4n) is 10.8. The van der Waals surface area contributed by atoms with Crippen molar-refractivity contribution in [3.8, 4) is 11.5 Å². The Kier molecular flexibility index (Phi) is 19.5. The van der Waals surface area contributed by atoms with Crippen molar-refractivity contribution >= 4 is 45.0 Å². The molecule has 370 valence electrons. The number of methoxy groups -OCH3 is 2. The Morgan fingerprint density at radius 2 is 0.957 bits per heavy atom. The van der Waals surface area contributed by atoms with E-state index >= 15 is 0 Å². The van der Waals surface area contributed by atoms with Crippen LogP contribution in [0.5, 0.6) is 11.5 Å². The number of hydrogen-bond donors (Lipinski definition) is 4. The smallest absolute Gasteiger partial charge is 0.123 e. The van der Waals surface area contributed by atoms with E-state index in [9.17, 15) is 19.0 Å². The van der Waals surface area contributed by atoms with Gasteiger partial charge in [-0.3, -0.25) is 9.97 Å². The lowest BCUT2D eigenvalue weighted by atomic mass is 9.69. The van der Waals surface area contributed by atoms with E-state index in [1.807, 2.05) is 60.7 Å². The molecule has 0 spiro atoms. The van der Waals surface area contributed by atoms with Gasteiger partial charge in [-0.25, -0.2) is 8.78 Å². The van der Waals surface area contributed by atoms with Gasteiger partial charge in [-0.05, 0) is 223 Å². The Morgan fingerprint density at radius 3 is 1.38 bits per heavy atom. The molecule has 2 atom stereocenters.